The van der Waals surface area contributed by atoms with Gasteiger partial charge in [-0.05, 0) is 56.1 Å². The van der Waals surface area contributed by atoms with Crippen molar-refractivity contribution in [3.05, 3.63) is 34.9 Å². The highest BCUT2D eigenvalue weighted by atomic mass is 35.5. The lowest BCUT2D eigenvalue weighted by molar-refractivity contribution is 0.188. The van der Waals surface area contributed by atoms with Crippen LogP contribution in [0.5, 0.6) is 0 Å². The van der Waals surface area contributed by atoms with E-state index >= 15 is 0 Å². The maximum absolute atomic E-state index is 6.25. The zero-order chi connectivity index (χ0) is 12.5. The zero-order valence-electron chi connectivity index (χ0n) is 11.0. The van der Waals surface area contributed by atoms with Gasteiger partial charge in [0.1, 0.15) is 0 Å². The second-order valence-electron chi connectivity index (χ2n) is 6.03. The molecule has 1 nitrogen and oxygen atoms in total. The molecule has 0 aromatic heterocycles. The average Bonchev–Trinajstić information content (AvgIpc) is 2.22. The van der Waals surface area contributed by atoms with Crippen molar-refractivity contribution in [2.75, 3.05) is 0 Å². The van der Waals surface area contributed by atoms with E-state index in [4.69, 9.17) is 11.6 Å². The maximum atomic E-state index is 6.25. The Morgan fingerprint density at radius 2 is 1.94 bits per heavy atom. The van der Waals surface area contributed by atoms with Crippen molar-refractivity contribution in [2.45, 2.75) is 57.0 Å². The molecule has 1 atom stereocenters. The normalized spacial score (nSPS) is 29.4. The maximum Gasteiger partial charge on any atom is 0.0440 e. The van der Waals surface area contributed by atoms with E-state index < -0.39 is 0 Å². The first-order valence-corrected chi connectivity index (χ1v) is 7.62. The van der Waals surface area contributed by atoms with Gasteiger partial charge in [-0.3, -0.25) is 0 Å². The Balaban J connectivity index is 1.49. The van der Waals surface area contributed by atoms with Crippen LogP contribution in [-0.2, 0) is 0 Å². The average molecular weight is 264 g/mol. The summed E-state index contributed by atoms with van der Waals surface area (Å²) in [5.41, 5.74) is 1.34. The van der Waals surface area contributed by atoms with Crippen molar-refractivity contribution in [2.24, 2.45) is 5.92 Å². The third-order valence-electron chi connectivity index (χ3n) is 4.84. The summed E-state index contributed by atoms with van der Waals surface area (Å²) >= 11 is 6.25. The summed E-state index contributed by atoms with van der Waals surface area (Å²) in [5, 5.41) is 4.73. The molecule has 98 valence electrons. The number of hydrogen-bond acceptors (Lipinski definition) is 1. The molecule has 18 heavy (non-hydrogen) atoms. The molecule has 2 saturated carbocycles. The third kappa shape index (κ3) is 2.44. The molecular formula is C16H22ClN. The summed E-state index contributed by atoms with van der Waals surface area (Å²) in [6, 6.07) is 9.71. The van der Waals surface area contributed by atoms with Crippen molar-refractivity contribution in [3.8, 4) is 0 Å². The quantitative estimate of drug-likeness (QED) is 0.851. The molecule has 0 aliphatic heterocycles. The third-order valence-corrected chi connectivity index (χ3v) is 5.18. The van der Waals surface area contributed by atoms with Crippen molar-refractivity contribution in [1.82, 2.24) is 5.32 Å². The first-order chi connectivity index (χ1) is 8.74. The molecule has 0 radical (unpaired) electrons. The molecule has 2 aliphatic rings. The van der Waals surface area contributed by atoms with E-state index in [2.05, 4.69) is 24.4 Å². The molecule has 3 rings (SSSR count). The fourth-order valence-electron chi connectivity index (χ4n) is 3.26. The Bertz CT molecular complexity index is 407. The first-order valence-electron chi connectivity index (χ1n) is 7.24. The Kier molecular flexibility index (Phi) is 3.63. The fourth-order valence-corrected chi connectivity index (χ4v) is 3.55. The van der Waals surface area contributed by atoms with E-state index in [0.717, 1.165) is 10.9 Å². The minimum atomic E-state index is 0.671. The highest BCUT2D eigenvalue weighted by Gasteiger charge is 2.34. The van der Waals surface area contributed by atoms with Gasteiger partial charge in [-0.15, -0.1) is 0 Å². The molecule has 0 bridgehead atoms. The summed E-state index contributed by atoms with van der Waals surface area (Å²) in [6.45, 7) is 2.35. The second-order valence-corrected chi connectivity index (χ2v) is 6.44. The Morgan fingerprint density at radius 3 is 2.56 bits per heavy atom. The van der Waals surface area contributed by atoms with Gasteiger partial charge in [0.2, 0.25) is 0 Å². The summed E-state index contributed by atoms with van der Waals surface area (Å²) in [6.07, 6.45) is 6.79. The lowest BCUT2D eigenvalue weighted by Gasteiger charge is -2.41. The fraction of sp³-hybridized carbons (Fsp3) is 0.625. The number of benzene rings is 1. The van der Waals surface area contributed by atoms with E-state index in [0.29, 0.717) is 18.0 Å². The number of rotatable bonds is 4. The van der Waals surface area contributed by atoms with Crippen LogP contribution in [0.25, 0.3) is 0 Å². The lowest BCUT2D eigenvalue weighted by Crippen LogP contribution is -2.48. The van der Waals surface area contributed by atoms with Crippen LogP contribution in [0, 0.1) is 5.92 Å². The van der Waals surface area contributed by atoms with E-state index in [1.165, 1.54) is 37.7 Å². The van der Waals surface area contributed by atoms with Crippen LogP contribution in [0.1, 0.15) is 50.5 Å². The zero-order valence-corrected chi connectivity index (χ0v) is 11.8. The summed E-state index contributed by atoms with van der Waals surface area (Å²) in [5.74, 6) is 1.61. The Labute approximate surface area is 115 Å². The second kappa shape index (κ2) is 5.22. The van der Waals surface area contributed by atoms with E-state index in [1.54, 1.807) is 0 Å². The first kappa shape index (κ1) is 12.5. The van der Waals surface area contributed by atoms with Gasteiger partial charge < -0.3 is 5.32 Å². The SMILES string of the molecule is CC(NC1CC(c2ccccc2Cl)C1)C1CCC1. The molecule has 0 spiro atoms. The number of nitrogens with one attached hydrogen (secondary N) is 1. The summed E-state index contributed by atoms with van der Waals surface area (Å²) in [7, 11) is 0. The molecule has 2 fully saturated rings. The van der Waals surface area contributed by atoms with Crippen molar-refractivity contribution < 1.29 is 0 Å². The minimum absolute atomic E-state index is 0.671. The lowest BCUT2D eigenvalue weighted by atomic mass is 9.74. The van der Waals surface area contributed by atoms with Crippen LogP contribution in [-0.4, -0.2) is 12.1 Å². The smallest absolute Gasteiger partial charge is 0.0440 e. The van der Waals surface area contributed by atoms with Gasteiger partial charge in [0.15, 0.2) is 0 Å². The van der Waals surface area contributed by atoms with Crippen LogP contribution in [0.15, 0.2) is 24.3 Å². The van der Waals surface area contributed by atoms with Crippen molar-refractivity contribution in [3.63, 3.8) is 0 Å². The van der Waals surface area contributed by atoms with Gasteiger partial charge in [-0.1, -0.05) is 36.2 Å². The van der Waals surface area contributed by atoms with Gasteiger partial charge in [0, 0.05) is 17.1 Å². The van der Waals surface area contributed by atoms with Crippen LogP contribution in [0.3, 0.4) is 0 Å². The molecule has 0 heterocycles. The monoisotopic (exact) mass is 263 g/mol. The largest absolute Gasteiger partial charge is 0.311 e. The number of halogens is 1. The van der Waals surface area contributed by atoms with Gasteiger partial charge in [0.25, 0.3) is 0 Å². The summed E-state index contributed by atoms with van der Waals surface area (Å²) < 4.78 is 0. The molecule has 1 N–H and O–H groups in total. The molecular weight excluding hydrogens is 242 g/mol. The van der Waals surface area contributed by atoms with E-state index in [-0.39, 0.29) is 0 Å². The number of hydrogen-bond donors (Lipinski definition) is 1. The van der Waals surface area contributed by atoms with Gasteiger partial charge in [-0.25, -0.2) is 0 Å². The van der Waals surface area contributed by atoms with Crippen LogP contribution < -0.4 is 5.32 Å². The van der Waals surface area contributed by atoms with Crippen LogP contribution >= 0.6 is 11.6 Å². The molecule has 1 unspecified atom stereocenters. The highest BCUT2D eigenvalue weighted by Crippen LogP contribution is 2.40. The molecule has 2 aliphatic carbocycles. The van der Waals surface area contributed by atoms with Crippen molar-refractivity contribution in [1.29, 1.82) is 0 Å². The summed E-state index contributed by atoms with van der Waals surface area (Å²) in [4.78, 5) is 0. The predicted molar refractivity (Wildman–Crippen MR) is 77.2 cm³/mol. The van der Waals surface area contributed by atoms with E-state index in [1.807, 2.05) is 12.1 Å². The van der Waals surface area contributed by atoms with E-state index in [9.17, 15) is 0 Å². The van der Waals surface area contributed by atoms with Gasteiger partial charge in [0.05, 0.1) is 0 Å². The molecule has 0 amide bonds. The van der Waals surface area contributed by atoms with Gasteiger partial charge in [-0.2, -0.15) is 0 Å². The minimum Gasteiger partial charge on any atom is -0.311 e. The topological polar surface area (TPSA) is 12.0 Å². The van der Waals surface area contributed by atoms with Crippen LogP contribution in [0.4, 0.5) is 0 Å². The molecule has 2 heteroatoms. The molecule has 1 aromatic rings. The van der Waals surface area contributed by atoms with Gasteiger partial charge >= 0.3 is 0 Å². The molecule has 0 saturated heterocycles. The predicted octanol–water partition coefficient (Wildman–Crippen LogP) is 4.36. The van der Waals surface area contributed by atoms with Crippen molar-refractivity contribution >= 4 is 11.6 Å². The highest BCUT2D eigenvalue weighted by molar-refractivity contribution is 6.31. The Hall–Kier alpha value is -0.530. The standard InChI is InChI=1S/C16H22ClN/c1-11(12-5-4-6-12)18-14-9-13(10-14)15-7-2-3-8-16(15)17/h2-3,7-8,11-14,18H,4-6,9-10H2,1H3. The Morgan fingerprint density at radius 1 is 1.22 bits per heavy atom. The molecule has 1 aromatic carbocycles. The van der Waals surface area contributed by atoms with Crippen LogP contribution in [0.2, 0.25) is 5.02 Å².